The lowest BCUT2D eigenvalue weighted by Gasteiger charge is -2.20. The minimum atomic E-state index is -0.396. The quantitative estimate of drug-likeness (QED) is 0.501. The van der Waals surface area contributed by atoms with Gasteiger partial charge in [-0.2, -0.15) is 0 Å². The van der Waals surface area contributed by atoms with Crippen LogP contribution in [0.15, 0.2) is 71.7 Å². The van der Waals surface area contributed by atoms with E-state index in [1.54, 1.807) is 18.2 Å². The van der Waals surface area contributed by atoms with Crippen LogP contribution in [-0.2, 0) is 16.0 Å². The fourth-order valence-electron chi connectivity index (χ4n) is 3.48. The minimum absolute atomic E-state index is 0.0895. The summed E-state index contributed by atoms with van der Waals surface area (Å²) in [6.07, 6.45) is 0.842. The van der Waals surface area contributed by atoms with Crippen molar-refractivity contribution in [3.63, 3.8) is 0 Å². The van der Waals surface area contributed by atoms with Crippen LogP contribution < -0.4 is 15.0 Å². The summed E-state index contributed by atoms with van der Waals surface area (Å²) in [5.74, 6) is -0.258. The average molecular weight is 433 g/mol. The molecule has 1 aliphatic rings. The zero-order chi connectivity index (χ0) is 22.0. The van der Waals surface area contributed by atoms with E-state index in [0.29, 0.717) is 17.0 Å². The third-order valence-electron chi connectivity index (χ3n) is 4.95. The molecule has 0 aliphatic carbocycles. The van der Waals surface area contributed by atoms with E-state index in [2.05, 4.69) is 12.2 Å². The highest BCUT2D eigenvalue weighted by molar-refractivity contribution is 7.11. The third kappa shape index (κ3) is 4.11. The molecule has 1 aromatic heterocycles. The number of nitrogens with zero attached hydrogens (tertiary/aromatic N) is 1. The number of ether oxygens (including phenoxy) is 1. The van der Waals surface area contributed by atoms with Crippen molar-refractivity contribution < 1.29 is 14.3 Å². The molecule has 1 N–H and O–H groups in total. The molecule has 4 rings (SSSR count). The molecule has 3 aromatic rings. The van der Waals surface area contributed by atoms with Crippen molar-refractivity contribution in [3.8, 4) is 5.75 Å². The number of carbonyl (C=O) groups is 2. The molecule has 0 saturated heterocycles. The molecule has 2 heterocycles. The number of amides is 2. The molecule has 0 atom stereocenters. The summed E-state index contributed by atoms with van der Waals surface area (Å²) in [7, 11) is 0. The highest BCUT2D eigenvalue weighted by Gasteiger charge is 2.41. The van der Waals surface area contributed by atoms with E-state index in [1.165, 1.54) is 21.8 Å². The van der Waals surface area contributed by atoms with E-state index < -0.39 is 5.91 Å². The molecule has 0 unspecified atom stereocenters. The SMILES string of the molecule is CCc1ccc(NC2=C(c3cccs3)C(=O)N(c3ccccc3OC(C)C)C2=O)cc1. The maximum Gasteiger partial charge on any atom is 0.282 e. The molecule has 2 amide bonds. The summed E-state index contributed by atoms with van der Waals surface area (Å²) in [6.45, 7) is 5.91. The Morgan fingerprint density at radius 3 is 2.35 bits per heavy atom. The topological polar surface area (TPSA) is 58.6 Å². The Morgan fingerprint density at radius 2 is 1.71 bits per heavy atom. The fourth-order valence-corrected chi connectivity index (χ4v) is 4.25. The summed E-state index contributed by atoms with van der Waals surface area (Å²) in [4.78, 5) is 29.0. The number of para-hydroxylation sites is 2. The first kappa shape index (κ1) is 20.9. The zero-order valence-electron chi connectivity index (χ0n) is 17.7. The number of rotatable bonds is 7. The van der Waals surface area contributed by atoms with Crippen LogP contribution in [0.2, 0.25) is 0 Å². The van der Waals surface area contributed by atoms with Crippen molar-refractivity contribution in [2.75, 3.05) is 10.2 Å². The van der Waals surface area contributed by atoms with Gasteiger partial charge in [0.25, 0.3) is 11.8 Å². The van der Waals surface area contributed by atoms with Gasteiger partial charge in [0, 0.05) is 10.6 Å². The number of benzene rings is 2. The Labute approximate surface area is 186 Å². The standard InChI is InChI=1S/C25H24N2O3S/c1-4-17-11-13-18(14-12-17)26-23-22(21-10-7-15-31-21)24(28)27(25(23)29)19-8-5-6-9-20(19)30-16(2)3/h5-16,26H,4H2,1-3H3. The second kappa shape index (κ2) is 8.78. The Kier molecular flexibility index (Phi) is 5.91. The van der Waals surface area contributed by atoms with Crippen molar-refractivity contribution in [2.45, 2.75) is 33.3 Å². The molecule has 1 aliphatic heterocycles. The summed E-state index contributed by atoms with van der Waals surface area (Å²) in [6, 6.07) is 18.7. The highest BCUT2D eigenvalue weighted by Crippen LogP contribution is 2.39. The molecule has 0 fully saturated rings. The summed E-state index contributed by atoms with van der Waals surface area (Å²) >= 11 is 1.43. The van der Waals surface area contributed by atoms with Crippen LogP contribution in [0.3, 0.4) is 0 Å². The van der Waals surface area contributed by atoms with Gasteiger partial charge < -0.3 is 10.1 Å². The highest BCUT2D eigenvalue weighted by atomic mass is 32.1. The van der Waals surface area contributed by atoms with Gasteiger partial charge >= 0.3 is 0 Å². The number of hydrogen-bond donors (Lipinski definition) is 1. The summed E-state index contributed by atoms with van der Waals surface area (Å²) in [5, 5.41) is 5.10. The maximum absolute atomic E-state index is 13.5. The largest absolute Gasteiger partial charge is 0.489 e. The van der Waals surface area contributed by atoms with Crippen molar-refractivity contribution >= 4 is 40.1 Å². The fraction of sp³-hybridized carbons (Fsp3) is 0.200. The predicted molar refractivity (Wildman–Crippen MR) is 125 cm³/mol. The molecule has 0 saturated carbocycles. The first-order valence-electron chi connectivity index (χ1n) is 10.3. The Balaban J connectivity index is 1.76. The van der Waals surface area contributed by atoms with Crippen LogP contribution in [-0.4, -0.2) is 17.9 Å². The van der Waals surface area contributed by atoms with Crippen LogP contribution in [0.1, 0.15) is 31.2 Å². The molecule has 5 nitrogen and oxygen atoms in total. The van der Waals surface area contributed by atoms with Gasteiger partial charge in [0.1, 0.15) is 11.4 Å². The lowest BCUT2D eigenvalue weighted by atomic mass is 10.1. The lowest BCUT2D eigenvalue weighted by Crippen LogP contribution is -2.33. The molecule has 31 heavy (non-hydrogen) atoms. The maximum atomic E-state index is 13.5. The number of carbonyl (C=O) groups excluding carboxylic acids is 2. The minimum Gasteiger partial charge on any atom is -0.489 e. The van der Waals surface area contributed by atoms with Gasteiger partial charge in [0.15, 0.2) is 0 Å². The smallest absolute Gasteiger partial charge is 0.282 e. The normalized spacial score (nSPS) is 14.0. The summed E-state index contributed by atoms with van der Waals surface area (Å²) < 4.78 is 5.88. The summed E-state index contributed by atoms with van der Waals surface area (Å²) in [5.41, 5.74) is 3.05. The monoisotopic (exact) mass is 432 g/mol. The number of imide groups is 1. The van der Waals surface area contributed by atoms with Gasteiger partial charge in [-0.25, -0.2) is 4.90 Å². The molecule has 2 aromatic carbocycles. The van der Waals surface area contributed by atoms with E-state index in [0.717, 1.165) is 17.0 Å². The van der Waals surface area contributed by atoms with Gasteiger partial charge in [-0.3, -0.25) is 9.59 Å². The van der Waals surface area contributed by atoms with Gasteiger partial charge in [-0.1, -0.05) is 37.3 Å². The Hall–Kier alpha value is -3.38. The van der Waals surface area contributed by atoms with Crippen LogP contribution in [0.4, 0.5) is 11.4 Å². The molecule has 6 heteroatoms. The Morgan fingerprint density at radius 1 is 0.968 bits per heavy atom. The van der Waals surface area contributed by atoms with E-state index in [9.17, 15) is 9.59 Å². The molecular formula is C25H24N2O3S. The molecule has 0 spiro atoms. The van der Waals surface area contributed by atoms with E-state index >= 15 is 0 Å². The van der Waals surface area contributed by atoms with Crippen molar-refractivity contribution in [1.82, 2.24) is 0 Å². The second-order valence-corrected chi connectivity index (χ2v) is 8.43. The first-order chi connectivity index (χ1) is 15.0. The van der Waals surface area contributed by atoms with Crippen LogP contribution >= 0.6 is 11.3 Å². The van der Waals surface area contributed by atoms with Gasteiger partial charge in [0.05, 0.1) is 17.4 Å². The first-order valence-corrected chi connectivity index (χ1v) is 11.2. The van der Waals surface area contributed by atoms with E-state index in [1.807, 2.05) is 61.7 Å². The predicted octanol–water partition coefficient (Wildman–Crippen LogP) is 5.49. The van der Waals surface area contributed by atoms with Crippen LogP contribution in [0, 0.1) is 0 Å². The van der Waals surface area contributed by atoms with Gasteiger partial charge in [0.2, 0.25) is 0 Å². The number of thiophene rings is 1. The van der Waals surface area contributed by atoms with Crippen LogP contribution in [0.5, 0.6) is 5.75 Å². The van der Waals surface area contributed by atoms with Crippen molar-refractivity contribution in [3.05, 3.63) is 82.2 Å². The Bertz CT molecular complexity index is 1130. The third-order valence-corrected chi connectivity index (χ3v) is 5.84. The lowest BCUT2D eigenvalue weighted by molar-refractivity contribution is -0.120. The number of hydrogen-bond acceptors (Lipinski definition) is 5. The molecule has 0 radical (unpaired) electrons. The molecule has 158 valence electrons. The molecular weight excluding hydrogens is 408 g/mol. The second-order valence-electron chi connectivity index (χ2n) is 7.48. The molecule has 0 bridgehead atoms. The number of aryl methyl sites for hydroxylation is 1. The number of nitrogens with one attached hydrogen (secondary N) is 1. The van der Waals surface area contributed by atoms with Crippen molar-refractivity contribution in [2.24, 2.45) is 0 Å². The van der Waals surface area contributed by atoms with E-state index in [-0.39, 0.29) is 17.7 Å². The van der Waals surface area contributed by atoms with E-state index in [4.69, 9.17) is 4.74 Å². The van der Waals surface area contributed by atoms with Gasteiger partial charge in [-0.15, -0.1) is 11.3 Å². The number of anilines is 2. The van der Waals surface area contributed by atoms with Gasteiger partial charge in [-0.05, 0) is 61.5 Å². The van der Waals surface area contributed by atoms with Crippen molar-refractivity contribution in [1.29, 1.82) is 0 Å². The zero-order valence-corrected chi connectivity index (χ0v) is 18.5. The van der Waals surface area contributed by atoms with Crippen LogP contribution in [0.25, 0.3) is 5.57 Å². The average Bonchev–Trinajstić information content (AvgIpc) is 3.36.